The standard InChI is InChI=1S/C11H19F3N2O4/c1-3-8(6-20-7-11(12,13)14)15-10(19)16(2)5-4-9(17)18/h8H,3-7H2,1-2H3,(H,15,19)(H,17,18). The summed E-state index contributed by atoms with van der Waals surface area (Å²) in [6, 6.07) is -1.11. The second-order valence-corrected chi connectivity index (χ2v) is 4.25. The molecule has 0 radical (unpaired) electrons. The number of hydrogen-bond acceptors (Lipinski definition) is 3. The number of urea groups is 1. The molecule has 0 aromatic rings. The van der Waals surface area contributed by atoms with Gasteiger partial charge in [-0.2, -0.15) is 13.2 Å². The first-order valence-electron chi connectivity index (χ1n) is 6.03. The lowest BCUT2D eigenvalue weighted by molar-refractivity contribution is -0.175. The topological polar surface area (TPSA) is 78.9 Å². The summed E-state index contributed by atoms with van der Waals surface area (Å²) >= 11 is 0. The Hall–Kier alpha value is -1.51. The number of carbonyl (C=O) groups excluding carboxylic acids is 1. The van der Waals surface area contributed by atoms with Gasteiger partial charge in [-0.3, -0.25) is 4.79 Å². The number of ether oxygens (including phenoxy) is 1. The third kappa shape index (κ3) is 9.42. The lowest BCUT2D eigenvalue weighted by Crippen LogP contribution is -2.45. The molecule has 0 spiro atoms. The van der Waals surface area contributed by atoms with Crippen molar-refractivity contribution in [3.05, 3.63) is 0 Å². The molecule has 0 aromatic carbocycles. The summed E-state index contributed by atoms with van der Waals surface area (Å²) in [5, 5.41) is 11.0. The number of alkyl halides is 3. The molecule has 1 unspecified atom stereocenters. The number of carboxylic acid groups (broad SMARTS) is 1. The molecule has 0 aromatic heterocycles. The summed E-state index contributed by atoms with van der Waals surface area (Å²) in [4.78, 5) is 23.1. The first-order chi connectivity index (χ1) is 9.15. The van der Waals surface area contributed by atoms with Gasteiger partial charge in [0.15, 0.2) is 0 Å². The minimum Gasteiger partial charge on any atom is -0.481 e. The van der Waals surface area contributed by atoms with Crippen LogP contribution in [0.1, 0.15) is 19.8 Å². The minimum atomic E-state index is -4.40. The van der Waals surface area contributed by atoms with E-state index in [1.54, 1.807) is 6.92 Å². The Kier molecular flexibility index (Phi) is 7.97. The summed E-state index contributed by atoms with van der Waals surface area (Å²) in [5.41, 5.74) is 0. The van der Waals surface area contributed by atoms with Gasteiger partial charge in [0.1, 0.15) is 6.61 Å². The van der Waals surface area contributed by atoms with Gasteiger partial charge in [0.2, 0.25) is 0 Å². The SMILES string of the molecule is CCC(COCC(F)(F)F)NC(=O)N(C)CCC(=O)O. The van der Waals surface area contributed by atoms with Gasteiger partial charge in [-0.15, -0.1) is 0 Å². The van der Waals surface area contributed by atoms with Crippen LogP contribution in [0.15, 0.2) is 0 Å². The highest BCUT2D eigenvalue weighted by Crippen LogP contribution is 2.14. The van der Waals surface area contributed by atoms with Gasteiger partial charge in [-0.05, 0) is 6.42 Å². The van der Waals surface area contributed by atoms with Gasteiger partial charge < -0.3 is 20.1 Å². The van der Waals surface area contributed by atoms with Crippen LogP contribution in [0.3, 0.4) is 0 Å². The molecule has 0 heterocycles. The predicted octanol–water partition coefficient (Wildman–Crippen LogP) is 1.46. The van der Waals surface area contributed by atoms with Gasteiger partial charge in [0, 0.05) is 13.6 Å². The van der Waals surface area contributed by atoms with Crippen molar-refractivity contribution in [3.63, 3.8) is 0 Å². The number of halogens is 3. The van der Waals surface area contributed by atoms with Crippen molar-refractivity contribution in [1.29, 1.82) is 0 Å². The molecule has 0 fully saturated rings. The van der Waals surface area contributed by atoms with E-state index in [0.717, 1.165) is 4.90 Å². The monoisotopic (exact) mass is 300 g/mol. The molecule has 1 atom stereocenters. The molecule has 0 saturated heterocycles. The number of carboxylic acids is 1. The third-order valence-corrected chi connectivity index (χ3v) is 2.41. The van der Waals surface area contributed by atoms with E-state index < -0.39 is 30.8 Å². The summed E-state index contributed by atoms with van der Waals surface area (Å²) in [6.07, 6.45) is -4.21. The zero-order valence-electron chi connectivity index (χ0n) is 11.4. The predicted molar refractivity (Wildman–Crippen MR) is 64.4 cm³/mol. The number of aliphatic carboxylic acids is 1. The minimum absolute atomic E-state index is 0.0149. The van der Waals surface area contributed by atoms with Crippen molar-refractivity contribution in [2.24, 2.45) is 0 Å². The number of hydrogen-bond donors (Lipinski definition) is 2. The van der Waals surface area contributed by atoms with Crippen LogP contribution < -0.4 is 5.32 Å². The highest BCUT2D eigenvalue weighted by molar-refractivity contribution is 5.75. The highest BCUT2D eigenvalue weighted by Gasteiger charge is 2.28. The smallest absolute Gasteiger partial charge is 0.411 e. The molecule has 0 aliphatic heterocycles. The molecule has 0 rings (SSSR count). The maximum absolute atomic E-state index is 11.9. The van der Waals surface area contributed by atoms with E-state index in [4.69, 9.17) is 5.11 Å². The molecule has 0 aliphatic carbocycles. The second-order valence-electron chi connectivity index (χ2n) is 4.25. The Morgan fingerprint density at radius 2 is 2.00 bits per heavy atom. The largest absolute Gasteiger partial charge is 0.481 e. The number of carbonyl (C=O) groups is 2. The van der Waals surface area contributed by atoms with E-state index in [0.29, 0.717) is 6.42 Å². The van der Waals surface area contributed by atoms with Crippen LogP contribution in [0.25, 0.3) is 0 Å². The van der Waals surface area contributed by atoms with E-state index in [1.807, 2.05) is 0 Å². The molecule has 118 valence electrons. The molecule has 2 amide bonds. The molecular formula is C11H19F3N2O4. The quantitative estimate of drug-likeness (QED) is 0.711. The van der Waals surface area contributed by atoms with E-state index in [9.17, 15) is 22.8 Å². The van der Waals surface area contributed by atoms with Crippen LogP contribution in [0.4, 0.5) is 18.0 Å². The summed E-state index contributed by atoms with van der Waals surface area (Å²) < 4.78 is 40.2. The Bertz CT molecular complexity index is 323. The molecule has 20 heavy (non-hydrogen) atoms. The van der Waals surface area contributed by atoms with Crippen LogP contribution in [-0.4, -0.2) is 61.0 Å². The molecule has 9 heteroatoms. The Morgan fingerprint density at radius 1 is 1.40 bits per heavy atom. The molecule has 0 bridgehead atoms. The average Bonchev–Trinajstić information content (AvgIpc) is 2.32. The maximum atomic E-state index is 11.9. The van der Waals surface area contributed by atoms with Crippen molar-refractivity contribution < 1.29 is 32.6 Å². The number of nitrogens with zero attached hydrogens (tertiary/aromatic N) is 1. The van der Waals surface area contributed by atoms with Crippen molar-refractivity contribution in [2.45, 2.75) is 32.0 Å². The summed E-state index contributed by atoms with van der Waals surface area (Å²) in [7, 11) is 1.40. The average molecular weight is 300 g/mol. The summed E-state index contributed by atoms with van der Waals surface area (Å²) in [6.45, 7) is 0.0862. The Morgan fingerprint density at radius 3 is 2.45 bits per heavy atom. The molecule has 0 saturated carbocycles. The van der Waals surface area contributed by atoms with Crippen LogP contribution in [0.2, 0.25) is 0 Å². The molecular weight excluding hydrogens is 281 g/mol. The third-order valence-electron chi connectivity index (χ3n) is 2.41. The first kappa shape index (κ1) is 18.5. The van der Waals surface area contributed by atoms with E-state index in [1.165, 1.54) is 7.05 Å². The van der Waals surface area contributed by atoms with Crippen LogP contribution >= 0.6 is 0 Å². The molecule has 2 N–H and O–H groups in total. The number of amides is 2. The van der Waals surface area contributed by atoms with Crippen LogP contribution in [0, 0.1) is 0 Å². The van der Waals surface area contributed by atoms with Crippen LogP contribution in [-0.2, 0) is 9.53 Å². The van der Waals surface area contributed by atoms with Gasteiger partial charge >= 0.3 is 18.2 Å². The zero-order chi connectivity index (χ0) is 15.8. The van der Waals surface area contributed by atoms with E-state index >= 15 is 0 Å². The van der Waals surface area contributed by atoms with Gasteiger partial charge in [-0.1, -0.05) is 6.92 Å². The first-order valence-corrected chi connectivity index (χ1v) is 6.03. The van der Waals surface area contributed by atoms with Crippen molar-refractivity contribution >= 4 is 12.0 Å². The highest BCUT2D eigenvalue weighted by atomic mass is 19.4. The molecule has 6 nitrogen and oxygen atoms in total. The second kappa shape index (κ2) is 8.62. The van der Waals surface area contributed by atoms with E-state index in [2.05, 4.69) is 10.1 Å². The summed E-state index contributed by atoms with van der Waals surface area (Å²) in [5.74, 6) is -1.04. The normalized spacial score (nSPS) is 12.8. The fourth-order valence-corrected chi connectivity index (χ4v) is 1.23. The molecule has 0 aliphatic rings. The van der Waals surface area contributed by atoms with Crippen molar-refractivity contribution in [1.82, 2.24) is 10.2 Å². The Labute approximate surface area is 114 Å². The van der Waals surface area contributed by atoms with E-state index in [-0.39, 0.29) is 19.6 Å². The van der Waals surface area contributed by atoms with Crippen molar-refractivity contribution in [3.8, 4) is 0 Å². The fourth-order valence-electron chi connectivity index (χ4n) is 1.23. The van der Waals surface area contributed by atoms with Gasteiger partial charge in [0.25, 0.3) is 0 Å². The zero-order valence-corrected chi connectivity index (χ0v) is 11.4. The lowest BCUT2D eigenvalue weighted by atomic mass is 10.2. The Balaban J connectivity index is 4.08. The maximum Gasteiger partial charge on any atom is 0.411 e. The lowest BCUT2D eigenvalue weighted by Gasteiger charge is -2.22. The van der Waals surface area contributed by atoms with Crippen molar-refractivity contribution in [2.75, 3.05) is 26.8 Å². The number of nitrogens with one attached hydrogen (secondary N) is 1. The number of rotatable bonds is 8. The fraction of sp³-hybridized carbons (Fsp3) is 0.818. The van der Waals surface area contributed by atoms with Gasteiger partial charge in [-0.25, -0.2) is 4.79 Å². The van der Waals surface area contributed by atoms with Gasteiger partial charge in [0.05, 0.1) is 19.1 Å². The van der Waals surface area contributed by atoms with Crippen LogP contribution in [0.5, 0.6) is 0 Å².